The van der Waals surface area contributed by atoms with E-state index < -0.39 is 6.04 Å². The molecule has 3 amide bonds. The molecule has 0 aliphatic carbocycles. The molecule has 0 bridgehead atoms. The fourth-order valence-corrected chi connectivity index (χ4v) is 4.10. The lowest BCUT2D eigenvalue weighted by Crippen LogP contribution is -2.45. The highest BCUT2D eigenvalue weighted by atomic mass is 32.1. The molecule has 1 atom stereocenters. The van der Waals surface area contributed by atoms with Gasteiger partial charge in [-0.3, -0.25) is 10.1 Å². The molecule has 0 radical (unpaired) electrons. The van der Waals surface area contributed by atoms with Crippen LogP contribution in [0.1, 0.15) is 18.4 Å². The van der Waals surface area contributed by atoms with E-state index in [2.05, 4.69) is 20.8 Å². The first-order chi connectivity index (χ1) is 14.1. The first-order valence-corrected chi connectivity index (χ1v) is 10.3. The highest BCUT2D eigenvalue weighted by Crippen LogP contribution is 2.28. The van der Waals surface area contributed by atoms with Crippen LogP contribution in [0, 0.1) is 6.92 Å². The van der Waals surface area contributed by atoms with Crippen LogP contribution < -0.4 is 10.6 Å². The number of benzene rings is 2. The Labute approximate surface area is 172 Å². The average Bonchev–Trinajstić information content (AvgIpc) is 3.38. The Bertz CT molecular complexity index is 1020. The SMILES string of the molecule is Cc1cccc(-c2nnc(NC(=O)C3CCCN3C(=O)Nc3ccccc3)s2)c1. The van der Waals surface area contributed by atoms with Crippen molar-refractivity contribution in [1.29, 1.82) is 0 Å². The van der Waals surface area contributed by atoms with Crippen molar-refractivity contribution in [3.63, 3.8) is 0 Å². The Kier molecular flexibility index (Phi) is 5.53. The summed E-state index contributed by atoms with van der Waals surface area (Å²) in [5, 5.41) is 15.1. The van der Waals surface area contributed by atoms with E-state index in [0.29, 0.717) is 23.8 Å². The first kappa shape index (κ1) is 19.1. The van der Waals surface area contributed by atoms with E-state index in [1.807, 2.05) is 61.5 Å². The summed E-state index contributed by atoms with van der Waals surface area (Å²) in [7, 11) is 0. The monoisotopic (exact) mass is 407 g/mol. The summed E-state index contributed by atoms with van der Waals surface area (Å²) in [5.41, 5.74) is 2.80. The van der Waals surface area contributed by atoms with Crippen molar-refractivity contribution in [1.82, 2.24) is 15.1 Å². The van der Waals surface area contributed by atoms with Gasteiger partial charge in [-0.05, 0) is 38.0 Å². The number of carbonyl (C=O) groups excluding carboxylic acids is 2. The molecule has 0 saturated carbocycles. The molecular formula is C21H21N5O2S. The predicted octanol–water partition coefficient (Wildman–Crippen LogP) is 4.15. The third kappa shape index (κ3) is 4.43. The van der Waals surface area contributed by atoms with E-state index >= 15 is 0 Å². The third-order valence-corrected chi connectivity index (χ3v) is 5.65. The molecule has 7 nitrogen and oxygen atoms in total. The van der Waals surface area contributed by atoms with Crippen LogP contribution in [0.4, 0.5) is 15.6 Å². The van der Waals surface area contributed by atoms with Crippen LogP contribution in [0.2, 0.25) is 0 Å². The summed E-state index contributed by atoms with van der Waals surface area (Å²) in [6, 6.07) is 16.4. The molecule has 148 valence electrons. The smallest absolute Gasteiger partial charge is 0.312 e. The highest BCUT2D eigenvalue weighted by molar-refractivity contribution is 7.18. The van der Waals surface area contributed by atoms with Gasteiger partial charge in [-0.1, -0.05) is 53.3 Å². The van der Waals surface area contributed by atoms with Crippen LogP contribution in [0.25, 0.3) is 10.6 Å². The lowest BCUT2D eigenvalue weighted by Gasteiger charge is -2.23. The fraction of sp³-hybridized carbons (Fsp3) is 0.238. The largest absolute Gasteiger partial charge is 0.322 e. The van der Waals surface area contributed by atoms with E-state index in [9.17, 15) is 9.59 Å². The Balaban J connectivity index is 1.42. The molecule has 3 aromatic rings. The second-order valence-electron chi connectivity index (χ2n) is 6.92. The molecule has 2 N–H and O–H groups in total. The Morgan fingerprint density at radius 2 is 1.90 bits per heavy atom. The van der Waals surface area contributed by atoms with E-state index in [0.717, 1.165) is 22.6 Å². The Hall–Kier alpha value is -3.26. The second kappa shape index (κ2) is 8.40. The van der Waals surface area contributed by atoms with Crippen molar-refractivity contribution in [2.45, 2.75) is 25.8 Å². The van der Waals surface area contributed by atoms with Crippen LogP contribution in [0.5, 0.6) is 0 Å². The number of aryl methyl sites for hydroxylation is 1. The van der Waals surface area contributed by atoms with Crippen LogP contribution in [0.3, 0.4) is 0 Å². The summed E-state index contributed by atoms with van der Waals surface area (Å²) in [6.45, 7) is 2.56. The van der Waals surface area contributed by atoms with Gasteiger partial charge in [-0.2, -0.15) is 0 Å². The van der Waals surface area contributed by atoms with Gasteiger partial charge < -0.3 is 10.2 Å². The van der Waals surface area contributed by atoms with Crippen molar-refractivity contribution in [3.05, 3.63) is 60.2 Å². The maximum atomic E-state index is 12.8. The maximum absolute atomic E-state index is 12.8. The number of nitrogens with one attached hydrogen (secondary N) is 2. The molecule has 29 heavy (non-hydrogen) atoms. The van der Waals surface area contributed by atoms with Gasteiger partial charge in [0.25, 0.3) is 0 Å². The van der Waals surface area contributed by atoms with Gasteiger partial charge in [-0.15, -0.1) is 10.2 Å². The van der Waals surface area contributed by atoms with E-state index in [1.165, 1.54) is 11.3 Å². The number of urea groups is 1. The van der Waals surface area contributed by atoms with Crippen LogP contribution in [0.15, 0.2) is 54.6 Å². The number of rotatable bonds is 4. The molecule has 8 heteroatoms. The predicted molar refractivity (Wildman–Crippen MR) is 114 cm³/mol. The number of para-hydroxylation sites is 1. The first-order valence-electron chi connectivity index (χ1n) is 9.44. The Morgan fingerprint density at radius 3 is 2.69 bits per heavy atom. The lowest BCUT2D eigenvalue weighted by atomic mass is 10.1. The second-order valence-corrected chi connectivity index (χ2v) is 7.90. The summed E-state index contributed by atoms with van der Waals surface area (Å²) >= 11 is 1.32. The number of anilines is 2. The van der Waals surface area contributed by atoms with Crippen molar-refractivity contribution >= 4 is 34.1 Å². The van der Waals surface area contributed by atoms with Gasteiger partial charge in [-0.25, -0.2) is 4.79 Å². The van der Waals surface area contributed by atoms with Crippen molar-refractivity contribution in [3.8, 4) is 10.6 Å². The van der Waals surface area contributed by atoms with Crippen molar-refractivity contribution in [2.24, 2.45) is 0 Å². The summed E-state index contributed by atoms with van der Waals surface area (Å²) in [6.07, 6.45) is 1.41. The lowest BCUT2D eigenvalue weighted by molar-refractivity contribution is -0.119. The maximum Gasteiger partial charge on any atom is 0.322 e. The number of hydrogen-bond acceptors (Lipinski definition) is 5. The van der Waals surface area contributed by atoms with E-state index in [1.54, 1.807) is 4.90 Å². The van der Waals surface area contributed by atoms with Crippen molar-refractivity contribution < 1.29 is 9.59 Å². The number of likely N-dealkylation sites (tertiary alicyclic amines) is 1. The van der Waals surface area contributed by atoms with Crippen LogP contribution in [-0.4, -0.2) is 39.6 Å². The van der Waals surface area contributed by atoms with Crippen molar-refractivity contribution in [2.75, 3.05) is 17.2 Å². The quantitative estimate of drug-likeness (QED) is 0.680. The molecule has 2 heterocycles. The third-order valence-electron chi connectivity index (χ3n) is 4.76. The van der Waals surface area contributed by atoms with Gasteiger partial charge in [0, 0.05) is 17.8 Å². The zero-order valence-electron chi connectivity index (χ0n) is 16.0. The zero-order chi connectivity index (χ0) is 20.2. The minimum absolute atomic E-state index is 0.238. The molecule has 1 saturated heterocycles. The minimum Gasteiger partial charge on any atom is -0.312 e. The van der Waals surface area contributed by atoms with Gasteiger partial charge in [0.2, 0.25) is 11.0 Å². The van der Waals surface area contributed by atoms with Gasteiger partial charge in [0.15, 0.2) is 0 Å². The molecule has 1 unspecified atom stereocenters. The normalized spacial score (nSPS) is 15.9. The minimum atomic E-state index is -0.523. The van der Waals surface area contributed by atoms with E-state index in [-0.39, 0.29) is 11.9 Å². The molecule has 1 aliphatic heterocycles. The summed E-state index contributed by atoms with van der Waals surface area (Å²) < 4.78 is 0. The number of nitrogens with zero attached hydrogens (tertiary/aromatic N) is 3. The standard InChI is InChI=1S/C21H21N5O2S/c1-14-7-5-8-15(13-14)19-24-25-20(29-19)23-18(27)17-11-6-12-26(17)21(28)22-16-9-3-2-4-10-16/h2-5,7-10,13,17H,6,11-12H2,1H3,(H,22,28)(H,23,25,27). The highest BCUT2D eigenvalue weighted by Gasteiger charge is 2.34. The number of aromatic nitrogens is 2. The molecule has 1 fully saturated rings. The number of amides is 3. The Morgan fingerprint density at radius 1 is 1.07 bits per heavy atom. The summed E-state index contributed by atoms with van der Waals surface area (Å²) in [5.74, 6) is -0.238. The van der Waals surface area contributed by atoms with Crippen LogP contribution in [-0.2, 0) is 4.79 Å². The summed E-state index contributed by atoms with van der Waals surface area (Å²) in [4.78, 5) is 27.0. The zero-order valence-corrected chi connectivity index (χ0v) is 16.8. The van der Waals surface area contributed by atoms with Gasteiger partial charge in [0.1, 0.15) is 11.0 Å². The molecule has 1 aliphatic rings. The topological polar surface area (TPSA) is 87.2 Å². The molecule has 2 aromatic carbocycles. The van der Waals surface area contributed by atoms with Crippen LogP contribution >= 0.6 is 11.3 Å². The fourth-order valence-electron chi connectivity index (χ4n) is 3.36. The average molecular weight is 407 g/mol. The molecular weight excluding hydrogens is 386 g/mol. The molecule has 1 aromatic heterocycles. The molecule has 0 spiro atoms. The number of hydrogen-bond donors (Lipinski definition) is 2. The van der Waals surface area contributed by atoms with E-state index in [4.69, 9.17) is 0 Å². The number of carbonyl (C=O) groups is 2. The van der Waals surface area contributed by atoms with Gasteiger partial charge in [0.05, 0.1) is 0 Å². The molecule has 4 rings (SSSR count). The van der Waals surface area contributed by atoms with Gasteiger partial charge >= 0.3 is 6.03 Å².